The maximum absolute atomic E-state index is 9.80. The van der Waals surface area contributed by atoms with Crippen molar-refractivity contribution in [3.05, 3.63) is 58.2 Å². The van der Waals surface area contributed by atoms with Crippen molar-refractivity contribution in [2.45, 2.75) is 12.5 Å². The maximum atomic E-state index is 9.80. The van der Waals surface area contributed by atoms with Crippen molar-refractivity contribution in [3.8, 4) is 6.07 Å². The molecule has 0 spiro atoms. The van der Waals surface area contributed by atoms with Crippen LogP contribution in [0.1, 0.15) is 22.7 Å². The molecule has 1 unspecified atom stereocenters. The van der Waals surface area contributed by atoms with Gasteiger partial charge in [-0.25, -0.2) is 4.98 Å². The van der Waals surface area contributed by atoms with Gasteiger partial charge in [0.05, 0.1) is 23.2 Å². The van der Waals surface area contributed by atoms with Crippen molar-refractivity contribution in [2.24, 2.45) is 0 Å². The van der Waals surface area contributed by atoms with Gasteiger partial charge in [-0.3, -0.25) is 0 Å². The van der Waals surface area contributed by atoms with Crippen LogP contribution in [-0.4, -0.2) is 23.2 Å². The van der Waals surface area contributed by atoms with Crippen LogP contribution in [0, 0.1) is 11.3 Å². The van der Waals surface area contributed by atoms with Gasteiger partial charge in [-0.15, -0.1) is 0 Å². The third-order valence-corrected chi connectivity index (χ3v) is 4.09. The fraction of sp³-hybridized carbons (Fsp3) is 0.250. The summed E-state index contributed by atoms with van der Waals surface area (Å²) < 4.78 is 0. The topological polar surface area (TPSA) is 60.2 Å². The highest BCUT2D eigenvalue weighted by Gasteiger charge is 2.28. The van der Waals surface area contributed by atoms with E-state index in [9.17, 15) is 5.11 Å². The predicted octanol–water partition coefficient (Wildman–Crippen LogP) is 2.70. The molecule has 1 aromatic carbocycles. The molecule has 0 radical (unpaired) electrons. The highest BCUT2D eigenvalue weighted by Crippen LogP contribution is 2.35. The minimum absolute atomic E-state index is 0.00494. The van der Waals surface area contributed by atoms with Crippen LogP contribution in [0.3, 0.4) is 0 Å². The number of aliphatic hydroxyl groups is 1. The summed E-state index contributed by atoms with van der Waals surface area (Å²) >= 11 is 6.25. The van der Waals surface area contributed by atoms with Crippen molar-refractivity contribution < 1.29 is 5.11 Å². The highest BCUT2D eigenvalue weighted by molar-refractivity contribution is 6.33. The quantitative estimate of drug-likeness (QED) is 0.926. The Hall–Kier alpha value is -2.09. The van der Waals surface area contributed by atoms with E-state index in [1.165, 1.54) is 11.8 Å². The summed E-state index contributed by atoms with van der Waals surface area (Å²) in [7, 11) is 0. The van der Waals surface area contributed by atoms with Crippen molar-refractivity contribution in [3.63, 3.8) is 0 Å². The zero-order valence-electron chi connectivity index (χ0n) is 11.3. The molecule has 2 aromatic rings. The first-order chi connectivity index (χ1) is 10.2. The molecule has 21 heavy (non-hydrogen) atoms. The third kappa shape index (κ3) is 2.46. The van der Waals surface area contributed by atoms with Gasteiger partial charge in [-0.05, 0) is 23.6 Å². The van der Waals surface area contributed by atoms with Gasteiger partial charge in [-0.1, -0.05) is 35.9 Å². The second kappa shape index (κ2) is 5.72. The average molecular weight is 300 g/mol. The number of halogens is 1. The molecule has 5 heteroatoms. The number of hydrogen-bond donors (Lipinski definition) is 1. The molecule has 0 aliphatic carbocycles. The molecule has 1 aromatic heterocycles. The van der Waals surface area contributed by atoms with Gasteiger partial charge in [0, 0.05) is 12.7 Å². The van der Waals surface area contributed by atoms with Crippen LogP contribution in [-0.2, 0) is 6.42 Å². The Kier molecular flexibility index (Phi) is 3.78. The molecule has 0 fully saturated rings. The minimum Gasteiger partial charge on any atom is -0.394 e. The number of nitriles is 1. The molecule has 1 aliphatic rings. The largest absolute Gasteiger partial charge is 0.394 e. The van der Waals surface area contributed by atoms with Gasteiger partial charge in [-0.2, -0.15) is 5.26 Å². The van der Waals surface area contributed by atoms with Crippen LogP contribution in [0.4, 0.5) is 5.82 Å². The van der Waals surface area contributed by atoms with Gasteiger partial charge in [0.2, 0.25) is 0 Å². The van der Waals surface area contributed by atoms with Crippen molar-refractivity contribution in [2.75, 3.05) is 18.1 Å². The molecule has 0 saturated heterocycles. The molecule has 0 bridgehead atoms. The van der Waals surface area contributed by atoms with E-state index in [0.717, 1.165) is 18.5 Å². The SMILES string of the molecule is N#Cc1cnc(N2CCc3ccccc3C2CO)c(Cl)c1. The zero-order valence-corrected chi connectivity index (χ0v) is 12.1. The molecule has 3 rings (SSSR count). The number of fused-ring (bicyclic) bond motifs is 1. The van der Waals surface area contributed by atoms with Crippen LogP contribution in [0.2, 0.25) is 5.02 Å². The number of aliphatic hydroxyl groups excluding tert-OH is 1. The number of anilines is 1. The summed E-state index contributed by atoms with van der Waals surface area (Å²) in [6, 6.07) is 11.6. The zero-order chi connectivity index (χ0) is 14.8. The smallest absolute Gasteiger partial charge is 0.148 e. The first kappa shape index (κ1) is 13.9. The van der Waals surface area contributed by atoms with Gasteiger partial charge < -0.3 is 10.0 Å². The molecular weight excluding hydrogens is 286 g/mol. The van der Waals surface area contributed by atoms with Gasteiger partial charge in [0.15, 0.2) is 0 Å². The van der Waals surface area contributed by atoms with Crippen molar-refractivity contribution in [1.82, 2.24) is 4.98 Å². The van der Waals surface area contributed by atoms with Crippen LogP contribution >= 0.6 is 11.6 Å². The Labute approximate surface area is 128 Å². The Morgan fingerprint density at radius 2 is 2.24 bits per heavy atom. The van der Waals surface area contributed by atoms with E-state index in [4.69, 9.17) is 16.9 Å². The van der Waals surface area contributed by atoms with Crippen LogP contribution in [0.15, 0.2) is 36.5 Å². The normalized spacial score (nSPS) is 17.2. The van der Waals surface area contributed by atoms with Crippen LogP contribution in [0.5, 0.6) is 0 Å². The van der Waals surface area contributed by atoms with Crippen molar-refractivity contribution >= 4 is 17.4 Å². The molecule has 0 amide bonds. The number of rotatable bonds is 2. The lowest BCUT2D eigenvalue weighted by Crippen LogP contribution is -2.38. The lowest BCUT2D eigenvalue weighted by Gasteiger charge is -2.37. The molecule has 1 atom stereocenters. The van der Waals surface area contributed by atoms with Crippen molar-refractivity contribution in [1.29, 1.82) is 5.26 Å². The molecule has 1 N–H and O–H groups in total. The molecule has 1 aliphatic heterocycles. The average Bonchev–Trinajstić information content (AvgIpc) is 2.53. The molecule has 0 saturated carbocycles. The summed E-state index contributed by atoms with van der Waals surface area (Å²) in [6.07, 6.45) is 2.39. The number of pyridine rings is 1. The third-order valence-electron chi connectivity index (χ3n) is 3.81. The lowest BCUT2D eigenvalue weighted by molar-refractivity contribution is 0.256. The Morgan fingerprint density at radius 1 is 1.43 bits per heavy atom. The predicted molar refractivity (Wildman–Crippen MR) is 81.3 cm³/mol. The summed E-state index contributed by atoms with van der Waals surface area (Å²) in [6.45, 7) is 0.732. The number of nitrogens with zero attached hydrogens (tertiary/aromatic N) is 3. The first-order valence-electron chi connectivity index (χ1n) is 6.75. The molecule has 4 nitrogen and oxygen atoms in total. The van der Waals surface area contributed by atoms with Gasteiger partial charge in [0.25, 0.3) is 0 Å². The Bertz CT molecular complexity index is 711. The summed E-state index contributed by atoms with van der Waals surface area (Å²) in [5, 5.41) is 19.1. The first-order valence-corrected chi connectivity index (χ1v) is 7.13. The molecular formula is C16H14ClN3O. The number of hydrogen-bond acceptors (Lipinski definition) is 4. The highest BCUT2D eigenvalue weighted by atomic mass is 35.5. The van der Waals surface area contributed by atoms with Gasteiger partial charge in [0.1, 0.15) is 11.9 Å². The fourth-order valence-corrected chi connectivity index (χ4v) is 3.08. The van der Waals surface area contributed by atoms with E-state index < -0.39 is 0 Å². The molecule has 2 heterocycles. The van der Waals surface area contributed by atoms with E-state index in [2.05, 4.69) is 11.1 Å². The second-order valence-electron chi connectivity index (χ2n) is 4.98. The summed E-state index contributed by atoms with van der Waals surface area (Å²) in [5.74, 6) is 0.615. The Balaban J connectivity index is 2.02. The van der Waals surface area contributed by atoms with E-state index in [0.29, 0.717) is 16.4 Å². The lowest BCUT2D eigenvalue weighted by atomic mass is 9.93. The van der Waals surface area contributed by atoms with E-state index in [-0.39, 0.29) is 12.6 Å². The van der Waals surface area contributed by atoms with E-state index in [1.807, 2.05) is 29.2 Å². The van der Waals surface area contributed by atoms with Gasteiger partial charge >= 0.3 is 0 Å². The van der Waals surface area contributed by atoms with E-state index in [1.54, 1.807) is 6.07 Å². The van der Waals surface area contributed by atoms with E-state index >= 15 is 0 Å². The van der Waals surface area contributed by atoms with Crippen LogP contribution < -0.4 is 4.90 Å². The maximum Gasteiger partial charge on any atom is 0.148 e. The summed E-state index contributed by atoms with van der Waals surface area (Å²) in [5.41, 5.74) is 2.78. The monoisotopic (exact) mass is 299 g/mol. The summed E-state index contributed by atoms with van der Waals surface area (Å²) in [4.78, 5) is 6.31. The second-order valence-corrected chi connectivity index (χ2v) is 5.39. The molecule has 106 valence electrons. The fourth-order valence-electron chi connectivity index (χ4n) is 2.81. The van der Waals surface area contributed by atoms with Crippen LogP contribution in [0.25, 0.3) is 0 Å². The number of benzene rings is 1. The Morgan fingerprint density at radius 3 is 2.95 bits per heavy atom. The minimum atomic E-state index is -0.159. The standard InChI is InChI=1S/C16H14ClN3O/c17-14-7-11(8-18)9-19-16(14)20-6-5-12-3-1-2-4-13(12)15(20)10-21/h1-4,7,9,15,21H,5-6,10H2. The number of aromatic nitrogens is 1.